The summed E-state index contributed by atoms with van der Waals surface area (Å²) in [5.74, 6) is -0.318. The normalized spacial score (nSPS) is 16.7. The molecule has 1 aromatic heterocycles. The van der Waals surface area contributed by atoms with E-state index in [1.807, 2.05) is 0 Å². The molecule has 9 heteroatoms. The number of halogens is 1. The molecule has 0 atom stereocenters. The molecule has 1 aliphatic heterocycles. The van der Waals surface area contributed by atoms with Gasteiger partial charge >= 0.3 is 0 Å². The van der Waals surface area contributed by atoms with Crippen LogP contribution >= 0.6 is 22.9 Å². The lowest BCUT2D eigenvalue weighted by atomic mass is 9.97. The van der Waals surface area contributed by atoms with E-state index in [4.69, 9.17) is 11.6 Å². The van der Waals surface area contributed by atoms with Gasteiger partial charge in [0.2, 0.25) is 15.9 Å². The number of aromatic nitrogens is 1. The van der Waals surface area contributed by atoms with E-state index in [0.29, 0.717) is 41.6 Å². The van der Waals surface area contributed by atoms with Crippen molar-refractivity contribution >= 4 is 44.0 Å². The maximum atomic E-state index is 12.9. The monoisotopic (exact) mass is 399 g/mol. The number of anilines is 1. The van der Waals surface area contributed by atoms with E-state index in [-0.39, 0.29) is 16.7 Å². The number of hydrogen-bond acceptors (Lipinski definition) is 5. The van der Waals surface area contributed by atoms with Crippen LogP contribution in [0.15, 0.2) is 34.7 Å². The third-order valence-corrected chi connectivity index (χ3v) is 7.46. The summed E-state index contributed by atoms with van der Waals surface area (Å²) < 4.78 is 27.1. The van der Waals surface area contributed by atoms with Gasteiger partial charge in [-0.05, 0) is 37.5 Å². The lowest BCUT2D eigenvalue weighted by Gasteiger charge is -2.30. The van der Waals surface area contributed by atoms with Crippen LogP contribution < -0.4 is 5.32 Å². The molecule has 0 radical (unpaired) electrons. The third-order valence-electron chi connectivity index (χ3n) is 4.32. The predicted molar refractivity (Wildman–Crippen MR) is 98.4 cm³/mol. The molecule has 0 unspecified atom stereocenters. The zero-order valence-electron chi connectivity index (χ0n) is 13.6. The number of carbonyl (C=O) groups is 1. The maximum absolute atomic E-state index is 12.9. The van der Waals surface area contributed by atoms with Crippen LogP contribution in [0, 0.1) is 12.8 Å². The first-order valence-corrected chi connectivity index (χ1v) is 10.5. The summed E-state index contributed by atoms with van der Waals surface area (Å²) in [5, 5.41) is 5.56. The van der Waals surface area contributed by atoms with Crippen molar-refractivity contribution in [3.63, 3.8) is 0 Å². The fraction of sp³-hybridized carbons (Fsp3) is 0.375. The molecular formula is C16H18ClN3O3S2. The highest BCUT2D eigenvalue weighted by Gasteiger charge is 2.33. The van der Waals surface area contributed by atoms with Gasteiger partial charge in [-0.2, -0.15) is 4.31 Å². The summed E-state index contributed by atoms with van der Waals surface area (Å²) in [6.45, 7) is 2.32. The van der Waals surface area contributed by atoms with Crippen LogP contribution in [0.3, 0.4) is 0 Å². The number of sulfonamides is 1. The number of rotatable bonds is 4. The Labute approximate surface area is 155 Å². The number of carbonyl (C=O) groups excluding carboxylic acids is 1. The molecule has 0 saturated carbocycles. The molecule has 2 heterocycles. The van der Waals surface area contributed by atoms with Crippen LogP contribution in [0.5, 0.6) is 0 Å². The van der Waals surface area contributed by atoms with Gasteiger partial charge in [-0.1, -0.05) is 17.7 Å². The van der Waals surface area contributed by atoms with E-state index in [2.05, 4.69) is 10.3 Å². The molecule has 1 aromatic carbocycles. The highest BCUT2D eigenvalue weighted by Crippen LogP contribution is 2.29. The summed E-state index contributed by atoms with van der Waals surface area (Å²) in [4.78, 5) is 16.5. The van der Waals surface area contributed by atoms with Gasteiger partial charge in [-0.3, -0.25) is 4.79 Å². The van der Waals surface area contributed by atoms with Gasteiger partial charge in [-0.25, -0.2) is 13.4 Å². The van der Waals surface area contributed by atoms with Crippen molar-refractivity contribution in [2.75, 3.05) is 18.4 Å². The van der Waals surface area contributed by atoms with Crippen molar-refractivity contribution in [3.8, 4) is 0 Å². The van der Waals surface area contributed by atoms with Gasteiger partial charge in [0.15, 0.2) is 5.13 Å². The Morgan fingerprint density at radius 1 is 1.36 bits per heavy atom. The molecular weight excluding hydrogens is 382 g/mol. The minimum Gasteiger partial charge on any atom is -0.302 e. The molecule has 1 amide bonds. The Bertz CT molecular complexity index is 861. The number of hydrogen-bond donors (Lipinski definition) is 1. The Morgan fingerprint density at radius 3 is 2.72 bits per heavy atom. The summed E-state index contributed by atoms with van der Waals surface area (Å²) in [6.07, 6.45) is 2.59. The number of amides is 1. The fourth-order valence-corrected chi connectivity index (χ4v) is 5.34. The molecule has 3 rings (SSSR count). The largest absolute Gasteiger partial charge is 0.302 e. The number of thiazole rings is 1. The molecule has 1 saturated heterocycles. The van der Waals surface area contributed by atoms with Gasteiger partial charge in [0.25, 0.3) is 0 Å². The Balaban J connectivity index is 1.67. The van der Waals surface area contributed by atoms with Gasteiger partial charge in [0.1, 0.15) is 0 Å². The van der Waals surface area contributed by atoms with Crippen molar-refractivity contribution in [3.05, 3.63) is 40.4 Å². The van der Waals surface area contributed by atoms with Crippen LogP contribution in [0.25, 0.3) is 0 Å². The van der Waals surface area contributed by atoms with Crippen LogP contribution in [0.4, 0.5) is 5.13 Å². The zero-order valence-corrected chi connectivity index (χ0v) is 16.0. The highest BCUT2D eigenvalue weighted by molar-refractivity contribution is 7.89. The number of nitrogens with zero attached hydrogens (tertiary/aromatic N) is 2. The predicted octanol–water partition coefficient (Wildman–Crippen LogP) is 3.14. The van der Waals surface area contributed by atoms with Crippen molar-refractivity contribution in [2.45, 2.75) is 24.7 Å². The van der Waals surface area contributed by atoms with Gasteiger partial charge in [-0.15, -0.1) is 11.3 Å². The van der Waals surface area contributed by atoms with Crippen molar-refractivity contribution in [1.82, 2.24) is 9.29 Å². The first kappa shape index (κ1) is 18.3. The SMILES string of the molecule is Cc1c(Cl)cccc1S(=O)(=O)N1CCC(C(=O)Nc2nccs2)CC1. The summed E-state index contributed by atoms with van der Waals surface area (Å²) in [6, 6.07) is 4.87. The lowest BCUT2D eigenvalue weighted by molar-refractivity contribution is -0.120. The van der Waals surface area contributed by atoms with E-state index in [9.17, 15) is 13.2 Å². The second-order valence-electron chi connectivity index (χ2n) is 5.87. The minimum absolute atomic E-state index is 0.106. The molecule has 1 aliphatic rings. The van der Waals surface area contributed by atoms with E-state index in [0.717, 1.165) is 0 Å². The molecule has 25 heavy (non-hydrogen) atoms. The molecule has 0 bridgehead atoms. The summed E-state index contributed by atoms with van der Waals surface area (Å²) >= 11 is 7.41. The van der Waals surface area contributed by atoms with Crippen molar-refractivity contribution < 1.29 is 13.2 Å². The Kier molecular flexibility index (Phi) is 5.43. The van der Waals surface area contributed by atoms with E-state index < -0.39 is 10.0 Å². The molecule has 0 aliphatic carbocycles. The van der Waals surface area contributed by atoms with Crippen LogP contribution in [-0.4, -0.2) is 36.7 Å². The molecule has 1 N–H and O–H groups in total. The number of benzene rings is 1. The molecule has 0 spiro atoms. The zero-order chi connectivity index (χ0) is 18.0. The average Bonchev–Trinajstić information content (AvgIpc) is 3.10. The third kappa shape index (κ3) is 3.87. The van der Waals surface area contributed by atoms with Gasteiger partial charge < -0.3 is 5.32 Å². The quantitative estimate of drug-likeness (QED) is 0.856. The smallest absolute Gasteiger partial charge is 0.243 e. The van der Waals surface area contributed by atoms with Gasteiger partial charge in [0, 0.05) is 35.6 Å². The van der Waals surface area contributed by atoms with E-state index >= 15 is 0 Å². The molecule has 134 valence electrons. The summed E-state index contributed by atoms with van der Waals surface area (Å²) in [7, 11) is -3.61. The van der Waals surface area contributed by atoms with Crippen molar-refractivity contribution in [1.29, 1.82) is 0 Å². The molecule has 6 nitrogen and oxygen atoms in total. The number of nitrogens with one attached hydrogen (secondary N) is 1. The highest BCUT2D eigenvalue weighted by atomic mass is 35.5. The minimum atomic E-state index is -3.61. The fourth-order valence-electron chi connectivity index (χ4n) is 2.86. The topological polar surface area (TPSA) is 79.4 Å². The Hall–Kier alpha value is -1.48. The molecule has 1 fully saturated rings. The maximum Gasteiger partial charge on any atom is 0.243 e. The first-order chi connectivity index (χ1) is 11.9. The van der Waals surface area contributed by atoms with Crippen LogP contribution in [-0.2, 0) is 14.8 Å². The Morgan fingerprint density at radius 2 is 2.08 bits per heavy atom. The average molecular weight is 400 g/mol. The molecule has 2 aromatic rings. The second-order valence-corrected chi connectivity index (χ2v) is 9.08. The van der Waals surface area contributed by atoms with Crippen molar-refractivity contribution in [2.24, 2.45) is 5.92 Å². The van der Waals surface area contributed by atoms with Gasteiger partial charge in [0.05, 0.1) is 4.90 Å². The number of piperidine rings is 1. The van der Waals surface area contributed by atoms with Crippen LogP contribution in [0.1, 0.15) is 18.4 Å². The lowest BCUT2D eigenvalue weighted by Crippen LogP contribution is -2.41. The van der Waals surface area contributed by atoms with Crippen LogP contribution in [0.2, 0.25) is 5.02 Å². The summed E-state index contributed by atoms with van der Waals surface area (Å²) in [5.41, 5.74) is 0.549. The second kappa shape index (κ2) is 7.41. The van der Waals surface area contributed by atoms with E-state index in [1.54, 1.807) is 36.7 Å². The standard InChI is InChI=1S/C16H18ClN3O3S2/c1-11-13(17)3-2-4-14(11)25(22,23)20-8-5-12(6-9-20)15(21)19-16-18-7-10-24-16/h2-4,7,10,12H,5-6,8-9H2,1H3,(H,18,19,21). The van der Waals surface area contributed by atoms with E-state index in [1.165, 1.54) is 15.6 Å². The first-order valence-electron chi connectivity index (χ1n) is 7.85.